The van der Waals surface area contributed by atoms with Crippen LogP contribution in [-0.2, 0) is 14.3 Å². The Bertz CT molecular complexity index is 513. The Kier molecular flexibility index (Phi) is 5.14. The second kappa shape index (κ2) is 6.85. The van der Waals surface area contributed by atoms with Gasteiger partial charge in [0.2, 0.25) is 0 Å². The Hall–Kier alpha value is -1.40. The number of ether oxygens (including phenoxy) is 1. The molecule has 2 amide bonds. The van der Waals surface area contributed by atoms with Gasteiger partial charge in [0.25, 0.3) is 0 Å². The Morgan fingerprint density at radius 1 is 1.40 bits per heavy atom. The molecule has 2 N–H and O–H groups in total. The molecule has 1 saturated heterocycles. The summed E-state index contributed by atoms with van der Waals surface area (Å²) in [6.07, 6.45) is 1.96. The molecule has 1 fully saturated rings. The standard InChI is InChI=1S/C14H17BrN2O3/c1-9-4-5-10(7-12(9)15)17-14(19)13(18)16-8-11-3-2-6-20-11/h4-5,7,11H,2-3,6,8H2,1H3,(H,16,18)(H,17,19). The smallest absolute Gasteiger partial charge is 0.313 e. The molecule has 2 rings (SSSR count). The number of nitrogens with one attached hydrogen (secondary N) is 2. The minimum atomic E-state index is -0.668. The van der Waals surface area contributed by atoms with Gasteiger partial charge in [-0.05, 0) is 37.5 Å². The monoisotopic (exact) mass is 340 g/mol. The molecular formula is C14H17BrN2O3. The number of rotatable bonds is 3. The van der Waals surface area contributed by atoms with Crippen molar-refractivity contribution in [1.29, 1.82) is 0 Å². The normalized spacial score (nSPS) is 17.8. The lowest BCUT2D eigenvalue weighted by atomic mass is 10.2. The fraction of sp³-hybridized carbons (Fsp3) is 0.429. The molecule has 1 aromatic rings. The molecule has 0 bridgehead atoms. The van der Waals surface area contributed by atoms with E-state index in [4.69, 9.17) is 4.74 Å². The summed E-state index contributed by atoms with van der Waals surface area (Å²) in [7, 11) is 0. The van der Waals surface area contributed by atoms with Gasteiger partial charge in [0, 0.05) is 23.3 Å². The molecule has 1 aromatic carbocycles. The average molecular weight is 341 g/mol. The molecule has 1 heterocycles. The van der Waals surface area contributed by atoms with Crippen molar-refractivity contribution in [3.8, 4) is 0 Å². The van der Waals surface area contributed by atoms with Crippen molar-refractivity contribution >= 4 is 33.4 Å². The highest BCUT2D eigenvalue weighted by Crippen LogP contribution is 2.20. The van der Waals surface area contributed by atoms with Gasteiger partial charge in [-0.2, -0.15) is 0 Å². The van der Waals surface area contributed by atoms with Crippen LogP contribution in [0.15, 0.2) is 22.7 Å². The first-order valence-corrected chi connectivity index (χ1v) is 7.32. The van der Waals surface area contributed by atoms with Crippen LogP contribution in [0.4, 0.5) is 5.69 Å². The van der Waals surface area contributed by atoms with Gasteiger partial charge in [0.05, 0.1) is 6.10 Å². The van der Waals surface area contributed by atoms with Crippen molar-refractivity contribution in [2.75, 3.05) is 18.5 Å². The number of aryl methyl sites for hydroxylation is 1. The van der Waals surface area contributed by atoms with Crippen LogP contribution < -0.4 is 10.6 Å². The lowest BCUT2D eigenvalue weighted by Gasteiger charge is -2.11. The molecule has 20 heavy (non-hydrogen) atoms. The lowest BCUT2D eigenvalue weighted by molar-refractivity contribution is -0.136. The highest BCUT2D eigenvalue weighted by molar-refractivity contribution is 9.10. The Labute approximate surface area is 126 Å². The Morgan fingerprint density at radius 3 is 2.85 bits per heavy atom. The first kappa shape index (κ1) is 15.0. The quantitative estimate of drug-likeness (QED) is 0.827. The molecule has 0 aliphatic carbocycles. The zero-order valence-corrected chi connectivity index (χ0v) is 12.8. The maximum absolute atomic E-state index is 11.7. The van der Waals surface area contributed by atoms with Crippen LogP contribution in [0.25, 0.3) is 0 Å². The van der Waals surface area contributed by atoms with Gasteiger partial charge in [-0.25, -0.2) is 0 Å². The van der Waals surface area contributed by atoms with E-state index in [0.717, 1.165) is 29.5 Å². The maximum atomic E-state index is 11.7. The van der Waals surface area contributed by atoms with Crippen molar-refractivity contribution in [2.45, 2.75) is 25.9 Å². The predicted octanol–water partition coefficient (Wildman–Crippen LogP) is 1.99. The van der Waals surface area contributed by atoms with E-state index < -0.39 is 11.8 Å². The number of carbonyl (C=O) groups is 2. The molecule has 1 aliphatic rings. The third-order valence-electron chi connectivity index (χ3n) is 3.15. The molecule has 0 saturated carbocycles. The topological polar surface area (TPSA) is 67.4 Å². The number of hydrogen-bond acceptors (Lipinski definition) is 3. The van der Waals surface area contributed by atoms with Gasteiger partial charge in [0.15, 0.2) is 0 Å². The van der Waals surface area contributed by atoms with Crippen LogP contribution in [0.3, 0.4) is 0 Å². The van der Waals surface area contributed by atoms with E-state index >= 15 is 0 Å². The maximum Gasteiger partial charge on any atom is 0.313 e. The molecular weight excluding hydrogens is 324 g/mol. The molecule has 0 aromatic heterocycles. The summed E-state index contributed by atoms with van der Waals surface area (Å²) >= 11 is 3.38. The van der Waals surface area contributed by atoms with Crippen molar-refractivity contribution in [3.63, 3.8) is 0 Å². The van der Waals surface area contributed by atoms with E-state index in [1.54, 1.807) is 12.1 Å². The predicted molar refractivity (Wildman–Crippen MR) is 79.5 cm³/mol. The largest absolute Gasteiger partial charge is 0.376 e. The summed E-state index contributed by atoms with van der Waals surface area (Å²) in [5, 5.41) is 5.15. The molecule has 0 spiro atoms. The summed E-state index contributed by atoms with van der Waals surface area (Å²) < 4.78 is 6.26. The number of carbonyl (C=O) groups excluding carboxylic acids is 2. The van der Waals surface area contributed by atoms with Crippen LogP contribution in [0.5, 0.6) is 0 Å². The number of halogens is 1. The number of hydrogen-bond donors (Lipinski definition) is 2. The van der Waals surface area contributed by atoms with Crippen molar-refractivity contribution < 1.29 is 14.3 Å². The summed E-state index contributed by atoms with van der Waals surface area (Å²) in [6.45, 7) is 3.05. The summed E-state index contributed by atoms with van der Waals surface area (Å²) in [5.74, 6) is -1.31. The fourth-order valence-electron chi connectivity index (χ4n) is 1.95. The van der Waals surface area contributed by atoms with Crippen molar-refractivity contribution in [1.82, 2.24) is 5.32 Å². The van der Waals surface area contributed by atoms with Crippen molar-refractivity contribution in [3.05, 3.63) is 28.2 Å². The van der Waals surface area contributed by atoms with E-state index in [1.165, 1.54) is 0 Å². The van der Waals surface area contributed by atoms with Crippen LogP contribution >= 0.6 is 15.9 Å². The SMILES string of the molecule is Cc1ccc(NC(=O)C(=O)NCC2CCCO2)cc1Br. The Balaban J connectivity index is 1.83. The number of benzene rings is 1. The molecule has 1 atom stereocenters. The van der Waals surface area contributed by atoms with E-state index in [2.05, 4.69) is 26.6 Å². The average Bonchev–Trinajstić information content (AvgIpc) is 2.93. The van der Waals surface area contributed by atoms with Crippen LogP contribution in [-0.4, -0.2) is 31.1 Å². The minimum Gasteiger partial charge on any atom is -0.376 e. The molecule has 108 valence electrons. The summed E-state index contributed by atoms with van der Waals surface area (Å²) in [6, 6.07) is 5.38. The first-order valence-electron chi connectivity index (χ1n) is 6.53. The molecule has 1 aliphatic heterocycles. The minimum absolute atomic E-state index is 0.0280. The van der Waals surface area contributed by atoms with E-state index in [1.807, 2.05) is 13.0 Å². The molecule has 0 radical (unpaired) electrons. The van der Waals surface area contributed by atoms with Gasteiger partial charge in [-0.15, -0.1) is 0 Å². The summed E-state index contributed by atoms with van der Waals surface area (Å²) in [4.78, 5) is 23.4. The van der Waals surface area contributed by atoms with Gasteiger partial charge < -0.3 is 15.4 Å². The molecule has 5 nitrogen and oxygen atoms in total. The lowest BCUT2D eigenvalue weighted by Crippen LogP contribution is -2.39. The third kappa shape index (κ3) is 4.05. The number of anilines is 1. The fourth-order valence-corrected chi connectivity index (χ4v) is 2.33. The van der Waals surface area contributed by atoms with E-state index in [0.29, 0.717) is 12.2 Å². The van der Waals surface area contributed by atoms with Gasteiger partial charge in [-0.1, -0.05) is 22.0 Å². The molecule has 6 heteroatoms. The first-order chi connectivity index (χ1) is 9.56. The van der Waals surface area contributed by atoms with E-state index in [-0.39, 0.29) is 6.10 Å². The van der Waals surface area contributed by atoms with E-state index in [9.17, 15) is 9.59 Å². The van der Waals surface area contributed by atoms with Crippen LogP contribution in [0.2, 0.25) is 0 Å². The molecule has 1 unspecified atom stereocenters. The highest BCUT2D eigenvalue weighted by atomic mass is 79.9. The van der Waals surface area contributed by atoms with Gasteiger partial charge in [0.1, 0.15) is 0 Å². The number of amides is 2. The zero-order valence-electron chi connectivity index (χ0n) is 11.2. The second-order valence-corrected chi connectivity index (χ2v) is 5.62. The second-order valence-electron chi connectivity index (χ2n) is 4.76. The van der Waals surface area contributed by atoms with Gasteiger partial charge >= 0.3 is 11.8 Å². The van der Waals surface area contributed by atoms with Gasteiger partial charge in [-0.3, -0.25) is 9.59 Å². The third-order valence-corrected chi connectivity index (χ3v) is 4.00. The van der Waals surface area contributed by atoms with Crippen molar-refractivity contribution in [2.24, 2.45) is 0 Å². The zero-order chi connectivity index (χ0) is 14.5. The van der Waals surface area contributed by atoms with Crippen LogP contribution in [0, 0.1) is 6.92 Å². The Morgan fingerprint density at radius 2 is 2.20 bits per heavy atom. The van der Waals surface area contributed by atoms with Crippen LogP contribution in [0.1, 0.15) is 18.4 Å². The summed E-state index contributed by atoms with van der Waals surface area (Å²) in [5.41, 5.74) is 1.64. The highest BCUT2D eigenvalue weighted by Gasteiger charge is 2.19.